The van der Waals surface area contributed by atoms with Gasteiger partial charge in [-0.05, 0) is 23.8 Å². The van der Waals surface area contributed by atoms with E-state index in [1.54, 1.807) is 19.1 Å². The van der Waals surface area contributed by atoms with E-state index in [0.29, 0.717) is 11.1 Å². The van der Waals surface area contributed by atoms with Crippen LogP contribution in [0, 0.1) is 17.0 Å². The van der Waals surface area contributed by atoms with Gasteiger partial charge in [0.25, 0.3) is 0 Å². The molecular formula is C15H17N3O3. The largest absolute Gasteiger partial charge is 0.392 e. The normalized spacial score (nSPS) is 10.6. The summed E-state index contributed by atoms with van der Waals surface area (Å²) in [6.07, 6.45) is 3.56. The quantitative estimate of drug-likeness (QED) is 0.465. The van der Waals surface area contributed by atoms with Gasteiger partial charge in [0.1, 0.15) is 6.54 Å². The number of rotatable bonds is 6. The molecule has 0 aliphatic carbocycles. The van der Waals surface area contributed by atoms with E-state index in [9.17, 15) is 14.9 Å². The van der Waals surface area contributed by atoms with Gasteiger partial charge in [-0.25, -0.2) is 0 Å². The van der Waals surface area contributed by atoms with Crippen molar-refractivity contribution in [3.8, 4) is 0 Å². The predicted molar refractivity (Wildman–Crippen MR) is 78.4 cm³/mol. The highest BCUT2D eigenvalue weighted by molar-refractivity contribution is 5.95. The molecule has 2 aromatic rings. The Morgan fingerprint density at radius 2 is 2.00 bits per heavy atom. The summed E-state index contributed by atoms with van der Waals surface area (Å²) >= 11 is 0. The van der Waals surface area contributed by atoms with E-state index in [1.807, 2.05) is 12.1 Å². The number of nitro groups is 1. The third-order valence-electron chi connectivity index (χ3n) is 3.21. The number of benzene rings is 1. The van der Waals surface area contributed by atoms with Gasteiger partial charge in [0, 0.05) is 5.56 Å². The van der Waals surface area contributed by atoms with Crippen LogP contribution in [0.15, 0.2) is 30.5 Å². The highest BCUT2D eigenvalue weighted by Crippen LogP contribution is 2.14. The maximum atomic E-state index is 12.1. The van der Waals surface area contributed by atoms with Crippen molar-refractivity contribution in [1.29, 1.82) is 0 Å². The first-order valence-electron chi connectivity index (χ1n) is 6.82. The molecule has 1 aromatic heterocycles. The molecule has 0 radical (unpaired) electrons. The molecule has 6 heteroatoms. The van der Waals surface area contributed by atoms with Crippen molar-refractivity contribution < 1.29 is 9.72 Å². The Hall–Kier alpha value is -2.50. The predicted octanol–water partition coefficient (Wildman–Crippen LogP) is 2.94. The van der Waals surface area contributed by atoms with Crippen molar-refractivity contribution >= 4 is 11.6 Å². The molecule has 1 heterocycles. The van der Waals surface area contributed by atoms with Crippen LogP contribution in [-0.2, 0) is 13.0 Å². The fourth-order valence-corrected chi connectivity index (χ4v) is 2.16. The van der Waals surface area contributed by atoms with Gasteiger partial charge >= 0.3 is 5.82 Å². The molecule has 0 amide bonds. The van der Waals surface area contributed by atoms with Gasteiger partial charge in [-0.3, -0.25) is 4.79 Å². The molecule has 0 bridgehead atoms. The number of hydrogen-bond donors (Lipinski definition) is 0. The lowest BCUT2D eigenvalue weighted by Crippen LogP contribution is -2.11. The molecule has 0 atom stereocenters. The second kappa shape index (κ2) is 6.30. The van der Waals surface area contributed by atoms with Crippen molar-refractivity contribution in [1.82, 2.24) is 9.78 Å². The second-order valence-electron chi connectivity index (χ2n) is 4.96. The van der Waals surface area contributed by atoms with Crippen molar-refractivity contribution in [2.75, 3.05) is 0 Å². The second-order valence-corrected chi connectivity index (χ2v) is 4.96. The Balaban J connectivity index is 2.10. The van der Waals surface area contributed by atoms with Crippen molar-refractivity contribution in [2.24, 2.45) is 0 Å². The summed E-state index contributed by atoms with van der Waals surface area (Å²) in [5.41, 5.74) is 2.23. The van der Waals surface area contributed by atoms with Crippen LogP contribution in [0.5, 0.6) is 0 Å². The number of Topliss-reactive ketones (excluding diaryl/α,β-unsaturated/α-hetero) is 1. The summed E-state index contributed by atoms with van der Waals surface area (Å²) in [7, 11) is 0. The Morgan fingerprint density at radius 1 is 1.33 bits per heavy atom. The minimum Gasteiger partial charge on any atom is -0.358 e. The van der Waals surface area contributed by atoms with Gasteiger partial charge in [0.15, 0.2) is 5.78 Å². The molecule has 0 fully saturated rings. The van der Waals surface area contributed by atoms with Crippen molar-refractivity contribution in [2.45, 2.75) is 33.2 Å². The minimum atomic E-state index is -0.546. The highest BCUT2D eigenvalue weighted by Gasteiger charge is 2.19. The lowest BCUT2D eigenvalue weighted by atomic mass is 10.1. The van der Waals surface area contributed by atoms with Crippen LogP contribution >= 0.6 is 0 Å². The maximum Gasteiger partial charge on any atom is 0.392 e. The summed E-state index contributed by atoms with van der Waals surface area (Å²) in [5, 5.41) is 14.6. The van der Waals surface area contributed by atoms with Crippen molar-refractivity contribution in [3.63, 3.8) is 0 Å². The zero-order valence-electron chi connectivity index (χ0n) is 12.1. The van der Waals surface area contributed by atoms with Crippen LogP contribution in [0.4, 0.5) is 5.82 Å². The number of hydrogen-bond acceptors (Lipinski definition) is 4. The van der Waals surface area contributed by atoms with E-state index in [2.05, 4.69) is 12.0 Å². The first-order chi connectivity index (χ1) is 10.0. The number of carbonyl (C=O) groups is 1. The molecule has 0 spiro atoms. The molecule has 1 aromatic carbocycles. The molecular weight excluding hydrogens is 270 g/mol. The number of carbonyl (C=O) groups excluding carboxylic acids is 1. The monoisotopic (exact) mass is 287 g/mol. The summed E-state index contributed by atoms with van der Waals surface area (Å²) in [5.74, 6) is -0.323. The molecule has 6 nitrogen and oxygen atoms in total. The Morgan fingerprint density at radius 3 is 2.52 bits per heavy atom. The number of aryl methyl sites for hydroxylation is 2. The van der Waals surface area contributed by atoms with Gasteiger partial charge in [0.2, 0.25) is 0 Å². The smallest absolute Gasteiger partial charge is 0.358 e. The number of ketones is 1. The molecule has 0 unspecified atom stereocenters. The molecule has 21 heavy (non-hydrogen) atoms. The first-order valence-corrected chi connectivity index (χ1v) is 6.82. The van der Waals surface area contributed by atoms with Crippen LogP contribution in [-0.4, -0.2) is 20.5 Å². The van der Waals surface area contributed by atoms with E-state index in [4.69, 9.17) is 0 Å². The van der Waals surface area contributed by atoms with Crippen LogP contribution < -0.4 is 0 Å². The average Bonchev–Trinajstić information content (AvgIpc) is 2.81. The van der Waals surface area contributed by atoms with E-state index >= 15 is 0 Å². The summed E-state index contributed by atoms with van der Waals surface area (Å²) in [6, 6.07) is 7.46. The molecule has 0 saturated heterocycles. The molecule has 0 aliphatic rings. The lowest BCUT2D eigenvalue weighted by Gasteiger charge is -2.02. The number of aromatic nitrogens is 2. The van der Waals surface area contributed by atoms with Crippen molar-refractivity contribution in [3.05, 3.63) is 57.3 Å². The summed E-state index contributed by atoms with van der Waals surface area (Å²) < 4.78 is 1.32. The lowest BCUT2D eigenvalue weighted by molar-refractivity contribution is -0.390. The van der Waals surface area contributed by atoms with E-state index in [-0.39, 0.29) is 18.1 Å². The molecule has 0 N–H and O–H groups in total. The van der Waals surface area contributed by atoms with Crippen LogP contribution in [0.3, 0.4) is 0 Å². The van der Waals surface area contributed by atoms with Crippen LogP contribution in [0.1, 0.15) is 34.8 Å². The fraction of sp³-hybridized carbons (Fsp3) is 0.333. The van der Waals surface area contributed by atoms with Gasteiger partial charge in [-0.1, -0.05) is 37.6 Å². The SMILES string of the molecule is CCCc1ccc(C(=O)Cn2cc(C)c([N+](=O)[O-])n2)cc1. The molecule has 2 rings (SSSR count). The zero-order chi connectivity index (χ0) is 15.4. The third kappa shape index (κ3) is 3.53. The highest BCUT2D eigenvalue weighted by atomic mass is 16.6. The van der Waals surface area contributed by atoms with Gasteiger partial charge in [-0.2, -0.15) is 4.68 Å². The summed E-state index contributed by atoms with van der Waals surface area (Å²) in [6.45, 7) is 3.71. The molecule has 0 aliphatic heterocycles. The fourth-order valence-electron chi connectivity index (χ4n) is 2.16. The maximum absolute atomic E-state index is 12.1. The van der Waals surface area contributed by atoms with Gasteiger partial charge in [0.05, 0.1) is 16.9 Å². The third-order valence-corrected chi connectivity index (χ3v) is 3.21. The van der Waals surface area contributed by atoms with E-state index in [1.165, 1.54) is 16.4 Å². The topological polar surface area (TPSA) is 78.0 Å². The average molecular weight is 287 g/mol. The standard InChI is InChI=1S/C15H17N3O3/c1-3-4-12-5-7-13(8-6-12)14(19)10-17-9-11(2)15(16-17)18(20)21/h5-9H,3-4,10H2,1-2H3. The van der Waals surface area contributed by atoms with Crippen LogP contribution in [0.25, 0.3) is 0 Å². The van der Waals surface area contributed by atoms with Gasteiger partial charge in [-0.15, -0.1) is 0 Å². The van der Waals surface area contributed by atoms with Gasteiger partial charge < -0.3 is 10.1 Å². The Labute approximate surface area is 122 Å². The molecule has 0 saturated carbocycles. The van der Waals surface area contributed by atoms with E-state index < -0.39 is 4.92 Å². The van der Waals surface area contributed by atoms with E-state index in [0.717, 1.165) is 12.8 Å². The first kappa shape index (κ1) is 14.9. The zero-order valence-corrected chi connectivity index (χ0v) is 12.1. The Kier molecular flexibility index (Phi) is 4.47. The Bertz CT molecular complexity index is 659. The number of nitrogens with zero attached hydrogens (tertiary/aromatic N) is 3. The minimum absolute atomic E-state index is 0.00179. The van der Waals surface area contributed by atoms with Crippen LogP contribution in [0.2, 0.25) is 0 Å². The molecule has 110 valence electrons. The summed E-state index contributed by atoms with van der Waals surface area (Å²) in [4.78, 5) is 22.3.